The molecule has 0 radical (unpaired) electrons. The maximum atomic E-state index is 12.0. The molecule has 1 N–H and O–H groups in total. The predicted molar refractivity (Wildman–Crippen MR) is 104 cm³/mol. The van der Waals surface area contributed by atoms with Crippen LogP contribution in [0, 0.1) is 0 Å². The zero-order chi connectivity index (χ0) is 18.4. The fraction of sp³-hybridized carbons (Fsp3) is 0.526. The molecule has 1 fully saturated rings. The third kappa shape index (κ3) is 5.08. The van der Waals surface area contributed by atoms with E-state index in [4.69, 9.17) is 0 Å². The van der Waals surface area contributed by atoms with Crippen LogP contribution in [0.2, 0.25) is 0 Å². The third-order valence-corrected chi connectivity index (χ3v) is 5.24. The number of para-hydroxylation sites is 1. The molecule has 3 rings (SSSR count). The molecule has 26 heavy (non-hydrogen) atoms. The molecule has 2 aromatic rings. The van der Waals surface area contributed by atoms with Crippen LogP contribution in [0.1, 0.15) is 38.9 Å². The van der Waals surface area contributed by atoms with Crippen LogP contribution in [0.4, 0.5) is 0 Å². The molecule has 1 amide bonds. The standard InChI is InChI=1S/C19H27N5OS/c1-15(2)20-18(25)14-26-19-22-21-17(13-23-11-7-4-8-12-23)24(19)16-9-5-3-6-10-16/h3,5-6,9-10,15H,4,7-8,11-14H2,1-2H3,(H,20,25). The second kappa shape index (κ2) is 9.19. The first-order valence-electron chi connectivity index (χ1n) is 9.27. The Hall–Kier alpha value is -1.86. The summed E-state index contributed by atoms with van der Waals surface area (Å²) in [6.07, 6.45) is 3.81. The number of nitrogens with one attached hydrogen (secondary N) is 1. The minimum absolute atomic E-state index is 0.0187. The molecule has 1 aliphatic heterocycles. The number of aromatic nitrogens is 3. The SMILES string of the molecule is CC(C)NC(=O)CSc1nnc(CN2CCCCC2)n1-c1ccccc1. The molecule has 1 aromatic carbocycles. The Bertz CT molecular complexity index is 710. The van der Waals surface area contributed by atoms with Gasteiger partial charge in [0, 0.05) is 11.7 Å². The van der Waals surface area contributed by atoms with Crippen LogP contribution in [0.25, 0.3) is 5.69 Å². The van der Waals surface area contributed by atoms with Crippen molar-refractivity contribution in [1.82, 2.24) is 25.0 Å². The Morgan fingerprint density at radius 1 is 1.15 bits per heavy atom. The quantitative estimate of drug-likeness (QED) is 0.756. The Morgan fingerprint density at radius 2 is 1.88 bits per heavy atom. The molecular weight excluding hydrogens is 346 g/mol. The molecule has 1 saturated heterocycles. The lowest BCUT2D eigenvalue weighted by atomic mass is 10.1. The lowest BCUT2D eigenvalue weighted by Gasteiger charge is -2.26. The highest BCUT2D eigenvalue weighted by Gasteiger charge is 2.19. The number of carbonyl (C=O) groups is 1. The first-order valence-corrected chi connectivity index (χ1v) is 10.3. The molecule has 0 spiro atoms. The summed E-state index contributed by atoms with van der Waals surface area (Å²) < 4.78 is 2.09. The molecule has 2 heterocycles. The number of hydrogen-bond acceptors (Lipinski definition) is 5. The Labute approximate surface area is 159 Å². The molecular formula is C19H27N5OS. The van der Waals surface area contributed by atoms with E-state index in [0.717, 1.165) is 36.3 Å². The van der Waals surface area contributed by atoms with Crippen molar-refractivity contribution in [2.45, 2.75) is 50.9 Å². The van der Waals surface area contributed by atoms with Gasteiger partial charge in [0.25, 0.3) is 0 Å². The molecule has 0 unspecified atom stereocenters. The van der Waals surface area contributed by atoms with Crippen LogP contribution in [-0.2, 0) is 11.3 Å². The number of benzene rings is 1. The van der Waals surface area contributed by atoms with E-state index in [1.807, 2.05) is 32.0 Å². The zero-order valence-electron chi connectivity index (χ0n) is 15.5. The number of hydrogen-bond donors (Lipinski definition) is 1. The van der Waals surface area contributed by atoms with Crippen LogP contribution >= 0.6 is 11.8 Å². The van der Waals surface area contributed by atoms with Gasteiger partial charge >= 0.3 is 0 Å². The van der Waals surface area contributed by atoms with Crippen molar-refractivity contribution >= 4 is 17.7 Å². The van der Waals surface area contributed by atoms with Crippen LogP contribution in [0.3, 0.4) is 0 Å². The summed E-state index contributed by atoms with van der Waals surface area (Å²) in [5, 5.41) is 12.5. The molecule has 7 heteroatoms. The van der Waals surface area contributed by atoms with Crippen molar-refractivity contribution in [2.24, 2.45) is 0 Å². The fourth-order valence-electron chi connectivity index (χ4n) is 3.14. The van der Waals surface area contributed by atoms with E-state index in [9.17, 15) is 4.79 Å². The number of nitrogens with zero attached hydrogens (tertiary/aromatic N) is 4. The van der Waals surface area contributed by atoms with E-state index in [-0.39, 0.29) is 11.9 Å². The van der Waals surface area contributed by atoms with E-state index < -0.39 is 0 Å². The highest BCUT2D eigenvalue weighted by atomic mass is 32.2. The number of likely N-dealkylation sites (tertiary alicyclic amines) is 1. The average Bonchev–Trinajstić information content (AvgIpc) is 3.03. The summed E-state index contributed by atoms with van der Waals surface area (Å²) in [6, 6.07) is 10.3. The van der Waals surface area contributed by atoms with Gasteiger partial charge < -0.3 is 5.32 Å². The number of amides is 1. The number of thioether (sulfide) groups is 1. The molecule has 1 aliphatic rings. The highest BCUT2D eigenvalue weighted by molar-refractivity contribution is 7.99. The minimum atomic E-state index is 0.0187. The molecule has 140 valence electrons. The smallest absolute Gasteiger partial charge is 0.230 e. The van der Waals surface area contributed by atoms with Gasteiger partial charge in [0.1, 0.15) is 0 Å². The molecule has 0 aliphatic carbocycles. The third-order valence-electron chi connectivity index (χ3n) is 4.31. The molecule has 0 atom stereocenters. The predicted octanol–water partition coefficient (Wildman–Crippen LogP) is 2.87. The highest BCUT2D eigenvalue weighted by Crippen LogP contribution is 2.23. The topological polar surface area (TPSA) is 63.1 Å². The molecule has 0 bridgehead atoms. The van der Waals surface area contributed by atoms with E-state index >= 15 is 0 Å². The van der Waals surface area contributed by atoms with Crippen LogP contribution in [0.5, 0.6) is 0 Å². The Kier molecular flexibility index (Phi) is 6.68. The van der Waals surface area contributed by atoms with Gasteiger partial charge in [-0.1, -0.05) is 36.4 Å². The van der Waals surface area contributed by atoms with E-state index in [1.165, 1.54) is 31.0 Å². The summed E-state index contributed by atoms with van der Waals surface area (Å²) in [7, 11) is 0. The minimum Gasteiger partial charge on any atom is -0.353 e. The maximum absolute atomic E-state index is 12.0. The van der Waals surface area contributed by atoms with Gasteiger partial charge in [-0.15, -0.1) is 10.2 Å². The maximum Gasteiger partial charge on any atom is 0.230 e. The van der Waals surface area contributed by atoms with Crippen molar-refractivity contribution in [3.8, 4) is 5.69 Å². The van der Waals surface area contributed by atoms with Gasteiger partial charge in [-0.2, -0.15) is 0 Å². The van der Waals surface area contributed by atoms with Gasteiger partial charge in [-0.05, 0) is 51.9 Å². The van der Waals surface area contributed by atoms with Crippen LogP contribution < -0.4 is 5.32 Å². The summed E-state index contributed by atoms with van der Waals surface area (Å²) in [6.45, 7) is 6.94. The second-order valence-electron chi connectivity index (χ2n) is 6.92. The number of piperidine rings is 1. The summed E-state index contributed by atoms with van der Waals surface area (Å²) >= 11 is 1.43. The van der Waals surface area contributed by atoms with Crippen LogP contribution in [0.15, 0.2) is 35.5 Å². The lowest BCUT2D eigenvalue weighted by Crippen LogP contribution is -2.31. The summed E-state index contributed by atoms with van der Waals surface area (Å²) in [5.74, 6) is 1.29. The summed E-state index contributed by atoms with van der Waals surface area (Å²) in [5.41, 5.74) is 1.04. The Balaban J connectivity index is 1.78. The van der Waals surface area contributed by atoms with Crippen LogP contribution in [-0.4, -0.2) is 50.5 Å². The normalized spacial score (nSPS) is 15.3. The van der Waals surface area contributed by atoms with Gasteiger partial charge in [0.2, 0.25) is 5.91 Å². The van der Waals surface area contributed by atoms with Crippen molar-refractivity contribution in [1.29, 1.82) is 0 Å². The largest absolute Gasteiger partial charge is 0.353 e. The lowest BCUT2D eigenvalue weighted by molar-refractivity contribution is -0.119. The zero-order valence-corrected chi connectivity index (χ0v) is 16.3. The van der Waals surface area contributed by atoms with Crippen molar-refractivity contribution in [3.63, 3.8) is 0 Å². The second-order valence-corrected chi connectivity index (χ2v) is 7.86. The number of rotatable bonds is 7. The van der Waals surface area contributed by atoms with Crippen molar-refractivity contribution in [2.75, 3.05) is 18.8 Å². The van der Waals surface area contributed by atoms with Crippen molar-refractivity contribution < 1.29 is 4.79 Å². The average molecular weight is 374 g/mol. The van der Waals surface area contributed by atoms with E-state index in [2.05, 4.69) is 37.1 Å². The fourth-order valence-corrected chi connectivity index (χ4v) is 3.93. The first kappa shape index (κ1) is 18.9. The van der Waals surface area contributed by atoms with Gasteiger partial charge in [0.15, 0.2) is 11.0 Å². The summed E-state index contributed by atoms with van der Waals surface area (Å²) in [4.78, 5) is 14.4. The number of carbonyl (C=O) groups excluding carboxylic acids is 1. The monoisotopic (exact) mass is 373 g/mol. The van der Waals surface area contributed by atoms with Gasteiger partial charge in [-0.3, -0.25) is 14.3 Å². The molecule has 6 nitrogen and oxygen atoms in total. The van der Waals surface area contributed by atoms with E-state index in [1.54, 1.807) is 0 Å². The first-order chi connectivity index (χ1) is 12.6. The van der Waals surface area contributed by atoms with Gasteiger partial charge in [-0.25, -0.2) is 0 Å². The van der Waals surface area contributed by atoms with Crippen molar-refractivity contribution in [3.05, 3.63) is 36.2 Å². The Morgan fingerprint density at radius 3 is 2.58 bits per heavy atom. The molecule has 0 saturated carbocycles. The van der Waals surface area contributed by atoms with E-state index in [0.29, 0.717) is 5.75 Å². The molecule has 1 aromatic heterocycles. The van der Waals surface area contributed by atoms with Gasteiger partial charge in [0.05, 0.1) is 12.3 Å².